The summed E-state index contributed by atoms with van der Waals surface area (Å²) >= 11 is 0. The first-order valence-electron chi connectivity index (χ1n) is 6.14. The van der Waals surface area contributed by atoms with E-state index in [-0.39, 0.29) is 40.6 Å². The first-order valence-corrected chi connectivity index (χ1v) is 6.14. The van der Waals surface area contributed by atoms with Crippen molar-refractivity contribution in [1.29, 1.82) is 0 Å². The molecule has 1 aromatic rings. The second kappa shape index (κ2) is 7.49. The van der Waals surface area contributed by atoms with Gasteiger partial charge in [0.25, 0.3) is 0 Å². The van der Waals surface area contributed by atoms with Crippen LogP contribution in [0.25, 0.3) is 0 Å². The molecule has 1 saturated heterocycles. The Labute approximate surface area is 140 Å². The Morgan fingerprint density at radius 3 is 2.50 bits per heavy atom. The van der Waals surface area contributed by atoms with Gasteiger partial charge in [-0.05, 0) is 31.2 Å². The zero-order valence-electron chi connectivity index (χ0n) is 12.6. The number of carbonyl (C=O) groups is 1. The van der Waals surface area contributed by atoms with Crippen LogP contribution in [-0.4, -0.2) is 61.0 Å². The van der Waals surface area contributed by atoms with Crippen molar-refractivity contribution in [3.05, 3.63) is 35.9 Å². The molecular weight excluding hydrogens is 256 g/mol. The zero-order valence-corrected chi connectivity index (χ0v) is 12.8. The molecule has 1 N–H and O–H groups in total. The summed E-state index contributed by atoms with van der Waals surface area (Å²) in [6.45, 7) is 0.390. The molecule has 96 valence electrons. The van der Waals surface area contributed by atoms with Crippen LogP contribution in [0.4, 0.5) is 0 Å². The van der Waals surface area contributed by atoms with Crippen LogP contribution in [0.15, 0.2) is 30.3 Å². The minimum Gasteiger partial charge on any atom is -1.00 e. The molecule has 1 aromatic carbocycles. The van der Waals surface area contributed by atoms with E-state index in [0.29, 0.717) is 13.0 Å². The summed E-state index contributed by atoms with van der Waals surface area (Å²) < 4.78 is 5.02. The minimum atomic E-state index is -0.827. The molecule has 0 amide bonds. The number of unbranched alkanes of at least 4 members (excludes halogenated alkanes) is 2. The molecule has 1 aliphatic rings. The molecule has 1 aliphatic heterocycles. The third-order valence-electron chi connectivity index (χ3n) is 3.27. The second-order valence-electron chi connectivity index (χ2n) is 4.63. The van der Waals surface area contributed by atoms with Crippen LogP contribution in [0.1, 0.15) is 34.1 Å². The fourth-order valence-corrected chi connectivity index (χ4v) is 2.02. The van der Waals surface area contributed by atoms with Crippen molar-refractivity contribution in [3.63, 3.8) is 0 Å². The van der Waals surface area contributed by atoms with Crippen molar-refractivity contribution in [3.8, 4) is 0 Å². The van der Waals surface area contributed by atoms with E-state index in [0.717, 1.165) is 25.7 Å². The Morgan fingerprint density at radius 1 is 1.28 bits per heavy atom. The fraction of sp³-hybridized carbons (Fsp3) is 0.500. The number of benzene rings is 1. The quantitative estimate of drug-likeness (QED) is 0.473. The van der Waals surface area contributed by atoms with Crippen LogP contribution in [0.5, 0.6) is 0 Å². The van der Waals surface area contributed by atoms with Gasteiger partial charge in [0.05, 0.1) is 6.61 Å². The Balaban J connectivity index is 0. The number of carboxylic acid groups (broad SMARTS) is 1. The first-order chi connectivity index (χ1) is 8.23. The maximum atomic E-state index is 10.8. The van der Waals surface area contributed by atoms with E-state index < -0.39 is 11.6 Å². The van der Waals surface area contributed by atoms with Gasteiger partial charge in [-0.25, -0.2) is 4.79 Å². The van der Waals surface area contributed by atoms with Gasteiger partial charge < -0.3 is 12.7 Å². The van der Waals surface area contributed by atoms with Crippen molar-refractivity contribution < 1.29 is 17.5 Å². The van der Waals surface area contributed by atoms with Crippen LogP contribution >= 0.6 is 0 Å². The normalized spacial score (nSPS) is 21.1. The monoisotopic (exact) mass is 276 g/mol. The molecule has 2 rings (SSSR count). The number of hydrogen-bond donors (Lipinski definition) is 1. The van der Waals surface area contributed by atoms with E-state index in [1.165, 1.54) is 5.56 Å². The molecule has 3 nitrogen and oxygen atoms in total. The van der Waals surface area contributed by atoms with E-state index in [1.807, 2.05) is 18.2 Å². The van der Waals surface area contributed by atoms with E-state index in [4.69, 9.17) is 9.84 Å². The van der Waals surface area contributed by atoms with Gasteiger partial charge in [0.15, 0.2) is 5.60 Å². The Bertz CT molecular complexity index is 383. The molecule has 1 unspecified atom stereocenters. The Morgan fingerprint density at radius 2 is 1.94 bits per heavy atom. The molecule has 0 spiro atoms. The van der Waals surface area contributed by atoms with Gasteiger partial charge in [-0.15, -0.1) is 0 Å². The molecular formula is C14H20CaO3. The van der Waals surface area contributed by atoms with Crippen molar-refractivity contribution in [2.45, 2.75) is 37.7 Å². The van der Waals surface area contributed by atoms with E-state index in [1.54, 1.807) is 0 Å². The van der Waals surface area contributed by atoms with Gasteiger partial charge in [0, 0.05) is 0 Å². The number of aliphatic carboxylic acids is 1. The summed E-state index contributed by atoms with van der Waals surface area (Å²) in [5, 5.41) is 8.91. The summed E-state index contributed by atoms with van der Waals surface area (Å²) in [7, 11) is 0. The Hall–Kier alpha value is -0.0903. The van der Waals surface area contributed by atoms with Crippen molar-refractivity contribution in [2.24, 2.45) is 0 Å². The maximum Gasteiger partial charge on any atom is 2.00 e. The standard InChI is InChI=1S/C14H18O3.Ca.2H/c15-13(16)14(11-17-14)10-6-2-5-9-12-7-3-1-4-8-12;;;/h1,3-4,7-8H,2,5-6,9-11H2,(H,15,16);;;/q;+2;2*-1. The molecule has 18 heavy (non-hydrogen) atoms. The molecule has 4 heteroatoms. The predicted octanol–water partition coefficient (Wildman–Crippen LogP) is 2.49. The van der Waals surface area contributed by atoms with Crippen molar-refractivity contribution in [1.82, 2.24) is 0 Å². The van der Waals surface area contributed by atoms with Crippen molar-refractivity contribution in [2.75, 3.05) is 6.61 Å². The van der Waals surface area contributed by atoms with Gasteiger partial charge in [-0.3, -0.25) is 0 Å². The molecule has 0 bridgehead atoms. The topological polar surface area (TPSA) is 49.8 Å². The number of ether oxygens (including phenoxy) is 1. The molecule has 0 saturated carbocycles. The number of epoxide rings is 1. The number of aryl methyl sites for hydroxylation is 1. The third kappa shape index (κ3) is 4.54. The minimum absolute atomic E-state index is 0. The summed E-state index contributed by atoms with van der Waals surface area (Å²) in [5.41, 5.74) is 0.523. The predicted molar refractivity (Wildman–Crippen MR) is 72.9 cm³/mol. The summed E-state index contributed by atoms with van der Waals surface area (Å²) in [4.78, 5) is 10.8. The van der Waals surface area contributed by atoms with Gasteiger partial charge in [0.2, 0.25) is 0 Å². The maximum absolute atomic E-state index is 10.8. The summed E-state index contributed by atoms with van der Waals surface area (Å²) in [6, 6.07) is 10.4. The molecule has 0 aromatic heterocycles. The van der Waals surface area contributed by atoms with Crippen LogP contribution in [-0.2, 0) is 16.0 Å². The summed E-state index contributed by atoms with van der Waals surface area (Å²) in [5.74, 6) is -0.805. The fourth-order valence-electron chi connectivity index (χ4n) is 2.02. The average molecular weight is 276 g/mol. The number of rotatable bonds is 7. The van der Waals surface area contributed by atoms with Crippen LogP contribution in [0.2, 0.25) is 0 Å². The number of hydrogen-bond acceptors (Lipinski definition) is 2. The van der Waals surface area contributed by atoms with Crippen molar-refractivity contribution >= 4 is 43.7 Å². The van der Waals surface area contributed by atoms with E-state index >= 15 is 0 Å². The second-order valence-corrected chi connectivity index (χ2v) is 4.63. The van der Waals surface area contributed by atoms with Crippen LogP contribution < -0.4 is 0 Å². The molecule has 1 fully saturated rings. The van der Waals surface area contributed by atoms with E-state index in [2.05, 4.69) is 12.1 Å². The van der Waals surface area contributed by atoms with E-state index in [9.17, 15) is 4.79 Å². The average Bonchev–Trinajstić information content (AvgIpc) is 3.11. The third-order valence-corrected chi connectivity index (χ3v) is 3.27. The molecule has 1 heterocycles. The number of carboxylic acids is 1. The zero-order chi connectivity index (χ0) is 12.1. The van der Waals surface area contributed by atoms with Gasteiger partial charge >= 0.3 is 43.7 Å². The van der Waals surface area contributed by atoms with Gasteiger partial charge in [-0.2, -0.15) is 0 Å². The van der Waals surface area contributed by atoms with Gasteiger partial charge in [0.1, 0.15) is 0 Å². The molecule has 0 radical (unpaired) electrons. The Kier molecular flexibility index (Phi) is 6.64. The van der Waals surface area contributed by atoms with Crippen LogP contribution in [0, 0.1) is 0 Å². The van der Waals surface area contributed by atoms with Crippen LogP contribution in [0.3, 0.4) is 0 Å². The molecule has 0 aliphatic carbocycles. The largest absolute Gasteiger partial charge is 2.00 e. The summed E-state index contributed by atoms with van der Waals surface area (Å²) in [6.07, 6.45) is 4.82. The van der Waals surface area contributed by atoms with Gasteiger partial charge in [-0.1, -0.05) is 36.8 Å². The SMILES string of the molecule is O=C(O)C1(CCCCCc2ccccc2)CO1.[Ca+2].[H-].[H-]. The first kappa shape index (κ1) is 16.0. The smallest absolute Gasteiger partial charge is 1.00 e. The molecule has 1 atom stereocenters.